The van der Waals surface area contributed by atoms with Crippen LogP contribution in [-0.4, -0.2) is 127 Å². The molecule has 346 valence electrons. The van der Waals surface area contributed by atoms with Crippen molar-refractivity contribution in [1.82, 2.24) is 34.3 Å². The van der Waals surface area contributed by atoms with Crippen molar-refractivity contribution in [2.75, 3.05) is 81.9 Å². The van der Waals surface area contributed by atoms with Gasteiger partial charge < -0.3 is 19.5 Å². The third-order valence-corrected chi connectivity index (χ3v) is 15.1. The summed E-state index contributed by atoms with van der Waals surface area (Å²) in [5.74, 6) is -0.904. The van der Waals surface area contributed by atoms with Crippen molar-refractivity contribution in [2.24, 2.45) is 5.41 Å². The van der Waals surface area contributed by atoms with Crippen LogP contribution in [-0.2, 0) is 14.8 Å². The molecule has 3 aromatic carbocycles. The maximum absolute atomic E-state index is 14.3. The van der Waals surface area contributed by atoms with Gasteiger partial charge in [0, 0.05) is 93.3 Å². The van der Waals surface area contributed by atoms with Crippen LogP contribution in [0.15, 0.2) is 95.7 Å². The smallest absolute Gasteiger partial charge is 0.293 e. The number of morpholine rings is 1. The van der Waals surface area contributed by atoms with Crippen LogP contribution in [0.4, 0.5) is 17.1 Å². The predicted molar refractivity (Wildman–Crippen MR) is 259 cm³/mol. The highest BCUT2D eigenvalue weighted by atomic mass is 35.5. The number of rotatable bonds is 11. The fraction of sp³-hybridized carbons (Fsp3) is 0.383. The van der Waals surface area contributed by atoms with E-state index in [0.717, 1.165) is 87.2 Å². The molecule has 6 heterocycles. The number of hydrogen-bond acceptors (Lipinski definition) is 12. The number of piperazine rings is 1. The number of nitro benzene ring substituents is 1. The van der Waals surface area contributed by atoms with Crippen LogP contribution in [0.25, 0.3) is 33.3 Å². The van der Waals surface area contributed by atoms with Gasteiger partial charge in [-0.1, -0.05) is 43.2 Å². The lowest BCUT2D eigenvalue weighted by atomic mass is 9.72. The van der Waals surface area contributed by atoms with Crippen LogP contribution in [0.1, 0.15) is 49.0 Å². The van der Waals surface area contributed by atoms with E-state index >= 15 is 0 Å². The quantitative estimate of drug-likeness (QED) is 0.0981. The Morgan fingerprint density at radius 3 is 2.45 bits per heavy atom. The van der Waals surface area contributed by atoms with Gasteiger partial charge in [-0.2, -0.15) is 5.10 Å². The monoisotopic (exact) mass is 954 g/mol. The fourth-order valence-corrected chi connectivity index (χ4v) is 10.9. The number of fused-ring (bicyclic) bond motifs is 2. The molecule has 0 atom stereocenters. The van der Waals surface area contributed by atoms with E-state index in [0.29, 0.717) is 54.4 Å². The zero-order valence-electron chi connectivity index (χ0n) is 36.8. The highest BCUT2D eigenvalue weighted by molar-refractivity contribution is 7.90. The number of anilines is 2. The Balaban J connectivity index is 0.00000548. The zero-order valence-corrected chi connectivity index (χ0v) is 39.2. The average molecular weight is 956 g/mol. The fourth-order valence-electron chi connectivity index (χ4n) is 9.74. The summed E-state index contributed by atoms with van der Waals surface area (Å²) in [5.41, 5.74) is 7.50. The molecule has 0 spiro atoms. The van der Waals surface area contributed by atoms with E-state index in [1.54, 1.807) is 23.1 Å². The number of aromatic amines is 1. The Bertz CT molecular complexity index is 2950. The lowest BCUT2D eigenvalue weighted by molar-refractivity contribution is -0.384. The number of nitrogens with zero attached hydrogens (tertiary/aromatic N) is 8. The molecule has 10 rings (SSSR count). The van der Waals surface area contributed by atoms with Crippen LogP contribution in [0.2, 0.25) is 5.02 Å². The van der Waals surface area contributed by atoms with Crippen molar-refractivity contribution < 1.29 is 22.9 Å². The third kappa shape index (κ3) is 9.12. The number of hydrogen-bond donors (Lipinski definition) is 2. The molecule has 0 bridgehead atoms. The normalized spacial score (nSPS) is 18.7. The van der Waals surface area contributed by atoms with Gasteiger partial charge >= 0.3 is 0 Å². The van der Waals surface area contributed by atoms with Gasteiger partial charge in [0.05, 0.1) is 46.0 Å². The van der Waals surface area contributed by atoms with Gasteiger partial charge in [-0.15, -0.1) is 12.4 Å². The lowest BCUT2D eigenvalue weighted by Crippen LogP contribution is -2.61. The van der Waals surface area contributed by atoms with Crippen molar-refractivity contribution in [3.05, 3.63) is 117 Å². The van der Waals surface area contributed by atoms with Crippen molar-refractivity contribution in [1.29, 1.82) is 0 Å². The van der Waals surface area contributed by atoms with E-state index in [1.807, 2.05) is 41.3 Å². The van der Waals surface area contributed by atoms with Gasteiger partial charge in [0.15, 0.2) is 0 Å². The number of allylic oxidation sites excluding steroid dienone is 1. The van der Waals surface area contributed by atoms with Crippen molar-refractivity contribution in [3.63, 3.8) is 0 Å². The molecule has 66 heavy (non-hydrogen) atoms. The molecular weight excluding hydrogens is 904 g/mol. The van der Waals surface area contributed by atoms with Crippen molar-refractivity contribution in [3.8, 4) is 5.69 Å². The van der Waals surface area contributed by atoms with Crippen LogP contribution < -0.4 is 14.5 Å². The first kappa shape index (κ1) is 45.6. The molecule has 4 aliphatic rings. The summed E-state index contributed by atoms with van der Waals surface area (Å²) < 4.78 is 37.1. The second-order valence-electron chi connectivity index (χ2n) is 18.3. The number of aromatic nitrogens is 4. The second kappa shape index (κ2) is 18.3. The van der Waals surface area contributed by atoms with E-state index < -0.39 is 20.9 Å². The highest BCUT2D eigenvalue weighted by Crippen LogP contribution is 2.43. The van der Waals surface area contributed by atoms with Crippen LogP contribution in [0, 0.1) is 15.5 Å². The van der Waals surface area contributed by atoms with Gasteiger partial charge in [-0.3, -0.25) is 24.7 Å². The number of carbonyl (C=O) groups excluding carboxylic acids is 1. The third-order valence-electron chi connectivity index (χ3n) is 13.5. The summed E-state index contributed by atoms with van der Waals surface area (Å²) in [5, 5.41) is 18.6. The summed E-state index contributed by atoms with van der Waals surface area (Å²) in [6.45, 7) is 12.7. The molecule has 6 aromatic rings. The van der Waals surface area contributed by atoms with E-state index in [1.165, 1.54) is 28.8 Å². The largest absolute Gasteiger partial charge is 0.379 e. The Hall–Kier alpha value is -5.56. The highest BCUT2D eigenvalue weighted by Gasteiger charge is 2.37. The van der Waals surface area contributed by atoms with Crippen molar-refractivity contribution in [2.45, 2.75) is 44.0 Å². The minimum Gasteiger partial charge on any atom is -0.379 e. The molecule has 1 aliphatic carbocycles. The molecule has 3 saturated heterocycles. The molecule has 3 aliphatic heterocycles. The minimum absolute atomic E-state index is 0. The first-order valence-corrected chi connectivity index (χ1v) is 24.0. The summed E-state index contributed by atoms with van der Waals surface area (Å²) in [4.78, 5) is 42.4. The number of sulfonamides is 1. The van der Waals surface area contributed by atoms with Gasteiger partial charge in [0.2, 0.25) is 0 Å². The molecule has 3 aromatic heterocycles. The Kier molecular flexibility index (Phi) is 12.6. The molecule has 0 saturated carbocycles. The molecule has 0 unspecified atom stereocenters. The molecule has 3 fully saturated rings. The maximum atomic E-state index is 14.3. The second-order valence-corrected chi connectivity index (χ2v) is 20.4. The Labute approximate surface area is 394 Å². The number of amides is 1. The lowest BCUT2D eigenvalue weighted by Gasteiger charge is -2.47. The van der Waals surface area contributed by atoms with Crippen molar-refractivity contribution >= 4 is 84.6 Å². The summed E-state index contributed by atoms with van der Waals surface area (Å²) in [6, 6.07) is 21.3. The predicted octanol–water partition coefficient (Wildman–Crippen LogP) is 7.31. The minimum atomic E-state index is -4.57. The van der Waals surface area contributed by atoms with E-state index in [4.69, 9.17) is 21.3 Å². The zero-order chi connectivity index (χ0) is 45.0. The number of ether oxygens (including phenoxy) is 1. The molecule has 0 radical (unpaired) electrons. The topological polar surface area (TPSA) is 175 Å². The van der Waals surface area contributed by atoms with Gasteiger partial charge in [-0.25, -0.2) is 22.8 Å². The summed E-state index contributed by atoms with van der Waals surface area (Å²) in [7, 11) is -4.57. The molecular formula is C47H52Cl2N10O6S. The standard InChI is InChI=1S/C47H51ClN10O6S.ClH/c1-47(2)13-11-33(39(26-47)31-3-5-34(48)6-4-31)28-53-15-17-54(18-16-53)35-7-9-38(42(24-35)57-43-23-32-12-14-49-45(32)51-40(43)27-50-57)46(59)52-65(62,63)37-8-10-41(44(25-37)58(60)61)56-29-36(30-56)55-19-21-64-22-20-55;/h3-10,12,14,23-25,27,36H,11,13,15-22,26,28-30H2,1-2H3,(H,49,51)(H,52,59);1H. The molecule has 1 amide bonds. The Morgan fingerprint density at radius 1 is 0.955 bits per heavy atom. The van der Waals surface area contributed by atoms with Gasteiger partial charge in [0.25, 0.3) is 21.6 Å². The number of carbonyl (C=O) groups is 1. The number of halogens is 2. The SMILES string of the molecule is CC1(C)CCC(CN2CCN(c3ccc(C(=O)NS(=O)(=O)c4ccc(N5CC(N6CCOCC6)C5)c([N+](=O)[O-])c4)c(-n4ncc5nc6[nH]ccc6cc54)c3)CC2)=C(c2ccc(Cl)cc2)C1.Cl. The first-order valence-electron chi connectivity index (χ1n) is 22.1. The maximum Gasteiger partial charge on any atom is 0.293 e. The Morgan fingerprint density at radius 2 is 1.71 bits per heavy atom. The van der Waals surface area contributed by atoms with Crippen LogP contribution in [0.5, 0.6) is 0 Å². The van der Waals surface area contributed by atoms with Gasteiger partial charge in [0.1, 0.15) is 16.9 Å². The number of benzene rings is 3. The van der Waals surface area contributed by atoms with E-state index in [9.17, 15) is 23.3 Å². The van der Waals surface area contributed by atoms with Crippen LogP contribution in [0.3, 0.4) is 0 Å². The first-order chi connectivity index (χ1) is 31.3. The number of nitrogens with one attached hydrogen (secondary N) is 2. The molecule has 19 heteroatoms. The van der Waals surface area contributed by atoms with Crippen LogP contribution >= 0.6 is 24.0 Å². The number of pyridine rings is 1. The molecule has 16 nitrogen and oxygen atoms in total. The summed E-state index contributed by atoms with van der Waals surface area (Å²) in [6.07, 6.45) is 6.61. The number of H-pyrrole nitrogens is 1. The summed E-state index contributed by atoms with van der Waals surface area (Å²) >= 11 is 6.26. The van der Waals surface area contributed by atoms with Gasteiger partial charge in [-0.05, 0) is 90.4 Å². The van der Waals surface area contributed by atoms with E-state index in [-0.39, 0.29) is 40.0 Å². The van der Waals surface area contributed by atoms with E-state index in [2.05, 4.69) is 55.5 Å². The number of nitro groups is 1. The average Bonchev–Trinajstić information content (AvgIpc) is 3.92. The molecule has 2 N–H and O–H groups in total.